The number of nitrogens with zero attached hydrogens (tertiary/aromatic N) is 1. The largest absolute Gasteiger partial charge is 0.357 e. The van der Waals surface area contributed by atoms with Gasteiger partial charge in [0.05, 0.1) is 12.3 Å². The Morgan fingerprint density at radius 2 is 2.19 bits per heavy atom. The molecular formula is C15H19FN2O2S. The van der Waals surface area contributed by atoms with Crippen LogP contribution in [0.1, 0.15) is 31.0 Å². The molecule has 21 heavy (non-hydrogen) atoms. The van der Waals surface area contributed by atoms with E-state index in [0.29, 0.717) is 25.9 Å². The molecule has 3 rings (SSSR count). The molecule has 0 spiro atoms. The number of hydrogen-bond acceptors (Lipinski definition) is 2. The first-order valence-corrected chi connectivity index (χ1v) is 8.89. The third-order valence-electron chi connectivity index (χ3n) is 4.05. The van der Waals surface area contributed by atoms with Gasteiger partial charge in [0.2, 0.25) is 10.0 Å². The summed E-state index contributed by atoms with van der Waals surface area (Å²) < 4.78 is 39.5. The minimum atomic E-state index is -3.19. The number of nitrogens with one attached hydrogen (secondary N) is 1. The van der Waals surface area contributed by atoms with Gasteiger partial charge in [-0.05, 0) is 36.6 Å². The van der Waals surface area contributed by atoms with Crippen LogP contribution >= 0.6 is 0 Å². The van der Waals surface area contributed by atoms with E-state index in [-0.39, 0.29) is 11.6 Å². The molecular weight excluding hydrogens is 291 g/mol. The SMILES string of the molecule is CCCCS(=O)(=O)N1CCc2c([nH]c3ccc(F)cc23)C1. The van der Waals surface area contributed by atoms with Gasteiger partial charge in [-0.2, -0.15) is 4.31 Å². The van der Waals surface area contributed by atoms with Crippen molar-refractivity contribution in [2.24, 2.45) is 0 Å². The fourth-order valence-corrected chi connectivity index (χ4v) is 4.49. The molecule has 6 heteroatoms. The number of benzene rings is 1. The van der Waals surface area contributed by atoms with Crippen molar-refractivity contribution >= 4 is 20.9 Å². The highest BCUT2D eigenvalue weighted by molar-refractivity contribution is 7.89. The fourth-order valence-electron chi connectivity index (χ4n) is 2.88. The highest BCUT2D eigenvalue weighted by Crippen LogP contribution is 2.29. The third kappa shape index (κ3) is 2.70. The minimum absolute atomic E-state index is 0.202. The zero-order valence-electron chi connectivity index (χ0n) is 12.0. The minimum Gasteiger partial charge on any atom is -0.357 e. The highest BCUT2D eigenvalue weighted by Gasteiger charge is 2.28. The molecule has 1 aliphatic heterocycles. The van der Waals surface area contributed by atoms with E-state index in [1.54, 1.807) is 6.07 Å². The standard InChI is InChI=1S/C15H19FN2O2S/c1-2-3-8-21(19,20)18-7-6-12-13-9-11(16)4-5-14(13)17-15(12)10-18/h4-5,9,17H,2-3,6-8,10H2,1H3. The van der Waals surface area contributed by atoms with Gasteiger partial charge in [0.1, 0.15) is 5.82 Å². The van der Waals surface area contributed by atoms with E-state index in [1.807, 2.05) is 6.92 Å². The molecule has 1 N–H and O–H groups in total. The molecule has 2 heterocycles. The van der Waals surface area contributed by atoms with Gasteiger partial charge in [-0.3, -0.25) is 0 Å². The van der Waals surface area contributed by atoms with Crippen LogP contribution < -0.4 is 0 Å². The summed E-state index contributed by atoms with van der Waals surface area (Å²) in [5.74, 6) is -0.0597. The maximum Gasteiger partial charge on any atom is 0.214 e. The van der Waals surface area contributed by atoms with Crippen molar-refractivity contribution in [3.63, 3.8) is 0 Å². The molecule has 1 aliphatic rings. The van der Waals surface area contributed by atoms with Crippen LogP contribution in [0.3, 0.4) is 0 Å². The lowest BCUT2D eigenvalue weighted by atomic mass is 10.0. The van der Waals surface area contributed by atoms with Crippen molar-refractivity contribution in [1.82, 2.24) is 9.29 Å². The first-order chi connectivity index (χ1) is 10.0. The molecule has 0 saturated carbocycles. The molecule has 1 aromatic heterocycles. The topological polar surface area (TPSA) is 53.2 Å². The van der Waals surface area contributed by atoms with Crippen molar-refractivity contribution in [2.45, 2.75) is 32.7 Å². The predicted octanol–water partition coefficient (Wildman–Crippen LogP) is 2.80. The normalized spacial score (nSPS) is 16.3. The van der Waals surface area contributed by atoms with Gasteiger partial charge >= 0.3 is 0 Å². The lowest BCUT2D eigenvalue weighted by Gasteiger charge is -2.26. The number of sulfonamides is 1. The van der Waals surface area contributed by atoms with E-state index in [9.17, 15) is 12.8 Å². The number of unbranched alkanes of at least 4 members (excludes halogenated alkanes) is 1. The number of aromatic amines is 1. The number of fused-ring (bicyclic) bond motifs is 3. The second kappa shape index (κ2) is 5.42. The molecule has 0 saturated heterocycles. The molecule has 0 fully saturated rings. The van der Waals surface area contributed by atoms with E-state index < -0.39 is 10.0 Å². The molecule has 0 amide bonds. The van der Waals surface area contributed by atoms with E-state index in [2.05, 4.69) is 4.98 Å². The monoisotopic (exact) mass is 310 g/mol. The van der Waals surface area contributed by atoms with Gasteiger partial charge in [0.25, 0.3) is 0 Å². The molecule has 2 aromatic rings. The molecule has 0 bridgehead atoms. The predicted molar refractivity (Wildman–Crippen MR) is 81.1 cm³/mol. The summed E-state index contributed by atoms with van der Waals surface area (Å²) in [6.07, 6.45) is 2.18. The van der Waals surface area contributed by atoms with E-state index in [1.165, 1.54) is 16.4 Å². The van der Waals surface area contributed by atoms with E-state index in [4.69, 9.17) is 0 Å². The highest BCUT2D eigenvalue weighted by atomic mass is 32.2. The van der Waals surface area contributed by atoms with Gasteiger partial charge in [-0.15, -0.1) is 0 Å². The zero-order chi connectivity index (χ0) is 15.0. The fraction of sp³-hybridized carbons (Fsp3) is 0.467. The Morgan fingerprint density at radius 1 is 1.38 bits per heavy atom. The zero-order valence-corrected chi connectivity index (χ0v) is 12.8. The maximum atomic E-state index is 13.4. The van der Waals surface area contributed by atoms with Crippen LogP contribution in [0.15, 0.2) is 18.2 Å². The number of halogens is 1. The summed E-state index contributed by atoms with van der Waals surface area (Å²) in [6.45, 7) is 2.82. The smallest absolute Gasteiger partial charge is 0.214 e. The number of rotatable bonds is 4. The van der Waals surface area contributed by atoms with Crippen LogP contribution in [-0.4, -0.2) is 30.0 Å². The molecule has 114 valence electrons. The van der Waals surface area contributed by atoms with Crippen molar-refractivity contribution in [3.8, 4) is 0 Å². The summed E-state index contributed by atoms with van der Waals surface area (Å²) in [6, 6.07) is 4.64. The number of H-pyrrole nitrogens is 1. The second-order valence-corrected chi connectivity index (χ2v) is 7.61. The van der Waals surface area contributed by atoms with Crippen LogP contribution in [0.4, 0.5) is 4.39 Å². The lowest BCUT2D eigenvalue weighted by Crippen LogP contribution is -2.37. The van der Waals surface area contributed by atoms with Crippen molar-refractivity contribution in [3.05, 3.63) is 35.3 Å². The molecule has 4 nitrogen and oxygen atoms in total. The van der Waals surface area contributed by atoms with Gasteiger partial charge in [0.15, 0.2) is 0 Å². The van der Waals surface area contributed by atoms with Crippen molar-refractivity contribution < 1.29 is 12.8 Å². The summed E-state index contributed by atoms with van der Waals surface area (Å²) in [4.78, 5) is 3.23. The third-order valence-corrected chi connectivity index (χ3v) is 5.95. The summed E-state index contributed by atoms with van der Waals surface area (Å²) in [5, 5.41) is 0.871. The van der Waals surface area contributed by atoms with Crippen LogP contribution in [0.5, 0.6) is 0 Å². The summed E-state index contributed by atoms with van der Waals surface area (Å²) in [5.41, 5.74) is 2.81. The quantitative estimate of drug-likeness (QED) is 0.944. The molecule has 0 aliphatic carbocycles. The van der Waals surface area contributed by atoms with Gasteiger partial charge in [0, 0.05) is 23.1 Å². The van der Waals surface area contributed by atoms with E-state index >= 15 is 0 Å². The maximum absolute atomic E-state index is 13.4. The lowest BCUT2D eigenvalue weighted by molar-refractivity contribution is 0.387. The van der Waals surface area contributed by atoms with Crippen molar-refractivity contribution in [2.75, 3.05) is 12.3 Å². The average Bonchev–Trinajstić information content (AvgIpc) is 2.82. The summed E-state index contributed by atoms with van der Waals surface area (Å²) in [7, 11) is -3.19. The van der Waals surface area contributed by atoms with Gasteiger partial charge in [-0.25, -0.2) is 12.8 Å². The van der Waals surface area contributed by atoms with Crippen molar-refractivity contribution in [1.29, 1.82) is 0 Å². The Morgan fingerprint density at radius 3 is 2.95 bits per heavy atom. The average molecular weight is 310 g/mol. The van der Waals surface area contributed by atoms with Crippen LogP contribution in [-0.2, 0) is 23.0 Å². The van der Waals surface area contributed by atoms with Crippen LogP contribution in [0.25, 0.3) is 10.9 Å². The number of hydrogen-bond donors (Lipinski definition) is 1. The van der Waals surface area contributed by atoms with Gasteiger partial charge in [-0.1, -0.05) is 13.3 Å². The Balaban J connectivity index is 1.91. The Labute approximate surface area is 124 Å². The molecule has 0 atom stereocenters. The molecule has 1 aromatic carbocycles. The Bertz CT molecular complexity index is 767. The second-order valence-electron chi connectivity index (χ2n) is 5.53. The van der Waals surface area contributed by atoms with E-state index in [0.717, 1.165) is 28.6 Å². The Kier molecular flexibility index (Phi) is 3.75. The summed E-state index contributed by atoms with van der Waals surface area (Å²) >= 11 is 0. The van der Waals surface area contributed by atoms with Gasteiger partial charge < -0.3 is 4.98 Å². The molecule has 0 radical (unpaired) electrons. The first kappa shape index (κ1) is 14.5. The van der Waals surface area contributed by atoms with Crippen LogP contribution in [0, 0.1) is 5.82 Å². The number of aromatic nitrogens is 1. The molecule has 0 unspecified atom stereocenters. The van der Waals surface area contributed by atoms with Crippen LogP contribution in [0.2, 0.25) is 0 Å². The first-order valence-electron chi connectivity index (χ1n) is 7.28. The Hall–Kier alpha value is -1.40.